The van der Waals surface area contributed by atoms with Crippen molar-refractivity contribution >= 4 is 17.5 Å². The fraction of sp³-hybridized carbons (Fsp3) is 0.700. The van der Waals surface area contributed by atoms with E-state index in [2.05, 4.69) is 30.9 Å². The van der Waals surface area contributed by atoms with E-state index in [-0.39, 0.29) is 10.5 Å². The molecule has 0 saturated heterocycles. The van der Waals surface area contributed by atoms with Gasteiger partial charge in [0.05, 0.1) is 12.2 Å². The Hall–Kier alpha value is -0.840. The summed E-state index contributed by atoms with van der Waals surface area (Å²) in [5.41, 5.74) is 0. The smallest absolute Gasteiger partial charge is 0.150 e. The Morgan fingerprint density at radius 3 is 2.67 bits per heavy atom. The molecule has 0 unspecified atom stereocenters. The maximum atomic E-state index is 11.6. The van der Waals surface area contributed by atoms with Gasteiger partial charge in [0, 0.05) is 11.8 Å². The van der Waals surface area contributed by atoms with Gasteiger partial charge >= 0.3 is 0 Å². The molecule has 0 aromatic carbocycles. The van der Waals surface area contributed by atoms with Gasteiger partial charge in [0.25, 0.3) is 0 Å². The van der Waals surface area contributed by atoms with Crippen LogP contribution in [-0.2, 0) is 18.3 Å². The third-order valence-electron chi connectivity index (χ3n) is 1.83. The van der Waals surface area contributed by atoms with Gasteiger partial charge in [-0.3, -0.25) is 9.48 Å². The Kier molecular flexibility index (Phi) is 3.90. The zero-order valence-corrected chi connectivity index (χ0v) is 10.5. The molecule has 0 bridgehead atoms. The van der Waals surface area contributed by atoms with E-state index in [4.69, 9.17) is 0 Å². The van der Waals surface area contributed by atoms with E-state index in [1.165, 1.54) is 6.33 Å². The van der Waals surface area contributed by atoms with Crippen molar-refractivity contribution in [3.63, 3.8) is 0 Å². The van der Waals surface area contributed by atoms with E-state index in [9.17, 15) is 4.79 Å². The van der Waals surface area contributed by atoms with Gasteiger partial charge in [-0.15, -0.1) is 11.8 Å². The van der Waals surface area contributed by atoms with Gasteiger partial charge in [0.2, 0.25) is 0 Å². The van der Waals surface area contributed by atoms with E-state index in [1.807, 2.05) is 0 Å². The molecule has 5 heteroatoms. The fourth-order valence-electron chi connectivity index (χ4n) is 1.00. The molecule has 4 nitrogen and oxygen atoms in total. The Morgan fingerprint density at radius 1 is 1.53 bits per heavy atom. The topological polar surface area (TPSA) is 47.8 Å². The molecule has 0 aliphatic rings. The summed E-state index contributed by atoms with van der Waals surface area (Å²) in [6.45, 7) is 6.31. The molecule has 0 amide bonds. The Balaban J connectivity index is 2.41. The van der Waals surface area contributed by atoms with Crippen LogP contribution in [0.2, 0.25) is 0 Å². The first kappa shape index (κ1) is 12.2. The highest BCUT2D eigenvalue weighted by molar-refractivity contribution is 8.01. The zero-order chi connectivity index (χ0) is 11.5. The number of nitrogens with zero attached hydrogens (tertiary/aromatic N) is 3. The van der Waals surface area contributed by atoms with Gasteiger partial charge in [-0.1, -0.05) is 20.8 Å². The number of hydrogen-bond acceptors (Lipinski definition) is 4. The Morgan fingerprint density at radius 2 is 2.20 bits per heavy atom. The van der Waals surface area contributed by atoms with Crippen LogP contribution in [0.25, 0.3) is 0 Å². The van der Waals surface area contributed by atoms with E-state index in [0.717, 1.165) is 5.82 Å². The summed E-state index contributed by atoms with van der Waals surface area (Å²) >= 11 is 1.66. The fourth-order valence-corrected chi connectivity index (χ4v) is 1.70. The Labute approximate surface area is 94.5 Å². The summed E-state index contributed by atoms with van der Waals surface area (Å²) < 4.78 is 1.77. The van der Waals surface area contributed by atoms with Crippen LogP contribution in [-0.4, -0.2) is 31.0 Å². The summed E-state index contributed by atoms with van der Waals surface area (Å²) in [7, 11) is 1.80. The van der Waals surface area contributed by atoms with Crippen molar-refractivity contribution in [3.05, 3.63) is 12.2 Å². The highest BCUT2D eigenvalue weighted by Gasteiger charge is 2.14. The molecule has 1 aromatic rings. The molecule has 0 aliphatic heterocycles. The lowest BCUT2D eigenvalue weighted by molar-refractivity contribution is -0.116. The van der Waals surface area contributed by atoms with E-state index >= 15 is 0 Å². The third-order valence-corrected chi connectivity index (χ3v) is 3.16. The molecule has 0 atom stereocenters. The summed E-state index contributed by atoms with van der Waals surface area (Å²) in [6, 6.07) is 0. The second kappa shape index (κ2) is 4.79. The zero-order valence-electron chi connectivity index (χ0n) is 9.65. The molecule has 1 aromatic heterocycles. The number of thioether (sulfide) groups is 1. The Bertz CT molecular complexity index is 341. The average molecular weight is 227 g/mol. The van der Waals surface area contributed by atoms with Crippen molar-refractivity contribution < 1.29 is 4.79 Å². The monoisotopic (exact) mass is 227 g/mol. The summed E-state index contributed by atoms with van der Waals surface area (Å²) in [4.78, 5) is 15.6. The minimum atomic E-state index is 0.134. The van der Waals surface area contributed by atoms with E-state index in [1.54, 1.807) is 23.5 Å². The molecule has 0 aliphatic carbocycles. The summed E-state index contributed by atoms with van der Waals surface area (Å²) in [6.07, 6.45) is 1.85. The first-order chi connectivity index (χ1) is 6.88. The van der Waals surface area contributed by atoms with Crippen LogP contribution in [0.15, 0.2) is 6.33 Å². The lowest BCUT2D eigenvalue weighted by Gasteiger charge is -2.16. The van der Waals surface area contributed by atoms with Crippen LogP contribution in [0.1, 0.15) is 26.6 Å². The van der Waals surface area contributed by atoms with Crippen molar-refractivity contribution in [2.75, 3.05) is 5.75 Å². The van der Waals surface area contributed by atoms with Crippen LogP contribution in [0.4, 0.5) is 0 Å². The molecule has 1 heterocycles. The van der Waals surface area contributed by atoms with Gasteiger partial charge in [-0.25, -0.2) is 4.98 Å². The molecule has 84 valence electrons. The van der Waals surface area contributed by atoms with Gasteiger partial charge in [-0.05, 0) is 0 Å². The SMILES string of the molecule is Cn1ncnc1CC(=O)CSC(C)(C)C. The van der Waals surface area contributed by atoms with Crippen molar-refractivity contribution in [2.45, 2.75) is 31.9 Å². The van der Waals surface area contributed by atoms with Gasteiger partial charge < -0.3 is 0 Å². The number of rotatable bonds is 4. The van der Waals surface area contributed by atoms with Crippen LogP contribution in [0.5, 0.6) is 0 Å². The maximum Gasteiger partial charge on any atom is 0.150 e. The number of aromatic nitrogens is 3. The first-order valence-electron chi connectivity index (χ1n) is 4.87. The number of hydrogen-bond donors (Lipinski definition) is 0. The molecular weight excluding hydrogens is 210 g/mol. The second-order valence-electron chi connectivity index (χ2n) is 4.42. The number of carbonyl (C=O) groups is 1. The minimum Gasteiger partial charge on any atom is -0.298 e. The third kappa shape index (κ3) is 4.46. The summed E-state index contributed by atoms with van der Waals surface area (Å²) in [5, 5.41) is 3.93. The quantitative estimate of drug-likeness (QED) is 0.781. The maximum absolute atomic E-state index is 11.6. The number of carbonyl (C=O) groups excluding carboxylic acids is 1. The van der Waals surface area contributed by atoms with Crippen molar-refractivity contribution in [1.82, 2.24) is 14.8 Å². The highest BCUT2D eigenvalue weighted by Crippen LogP contribution is 2.23. The molecular formula is C10H17N3OS. The largest absolute Gasteiger partial charge is 0.298 e. The molecule has 0 fully saturated rings. The van der Waals surface area contributed by atoms with Crippen LogP contribution >= 0.6 is 11.8 Å². The van der Waals surface area contributed by atoms with Gasteiger partial charge in [-0.2, -0.15) is 5.10 Å². The van der Waals surface area contributed by atoms with Crippen LogP contribution < -0.4 is 0 Å². The van der Waals surface area contributed by atoms with E-state index in [0.29, 0.717) is 12.2 Å². The summed E-state index contributed by atoms with van der Waals surface area (Å²) in [5.74, 6) is 1.47. The van der Waals surface area contributed by atoms with Crippen molar-refractivity contribution in [2.24, 2.45) is 7.05 Å². The predicted octanol–water partition coefficient (Wildman–Crippen LogP) is 1.46. The lowest BCUT2D eigenvalue weighted by atomic mass is 10.3. The highest BCUT2D eigenvalue weighted by atomic mass is 32.2. The van der Waals surface area contributed by atoms with Crippen LogP contribution in [0.3, 0.4) is 0 Å². The number of aryl methyl sites for hydroxylation is 1. The molecule has 15 heavy (non-hydrogen) atoms. The van der Waals surface area contributed by atoms with Gasteiger partial charge in [0.1, 0.15) is 17.9 Å². The standard InChI is InChI=1S/C10H17N3OS/c1-10(2,3)15-6-8(14)5-9-11-7-12-13(9)4/h7H,5-6H2,1-4H3. The molecule has 0 spiro atoms. The predicted molar refractivity (Wildman–Crippen MR) is 61.9 cm³/mol. The minimum absolute atomic E-state index is 0.134. The first-order valence-corrected chi connectivity index (χ1v) is 5.85. The van der Waals surface area contributed by atoms with Crippen molar-refractivity contribution in [1.29, 1.82) is 0 Å². The second-order valence-corrected chi connectivity index (χ2v) is 6.22. The number of ketones is 1. The average Bonchev–Trinajstić information content (AvgIpc) is 2.47. The van der Waals surface area contributed by atoms with Gasteiger partial charge in [0.15, 0.2) is 0 Å². The molecule has 1 rings (SSSR count). The van der Waals surface area contributed by atoms with Crippen LogP contribution in [0, 0.1) is 0 Å². The van der Waals surface area contributed by atoms with E-state index < -0.39 is 0 Å². The normalized spacial score (nSPS) is 11.7. The molecule has 0 saturated carbocycles. The van der Waals surface area contributed by atoms with Crippen molar-refractivity contribution in [3.8, 4) is 0 Å². The molecule has 0 N–H and O–H groups in total. The molecule has 0 radical (unpaired) electrons. The number of Topliss-reactive ketones (excluding diaryl/α,β-unsaturated/α-hetero) is 1. The lowest BCUT2D eigenvalue weighted by Crippen LogP contribution is -2.16.